The van der Waals surface area contributed by atoms with Gasteiger partial charge in [-0.3, -0.25) is 0 Å². The predicted molar refractivity (Wildman–Crippen MR) is 102 cm³/mol. The third-order valence-electron chi connectivity index (χ3n) is 4.82. The third kappa shape index (κ3) is 3.29. The van der Waals surface area contributed by atoms with Crippen LogP contribution in [0.15, 0.2) is 65.8 Å². The summed E-state index contributed by atoms with van der Waals surface area (Å²) >= 11 is 0. The summed E-state index contributed by atoms with van der Waals surface area (Å²) in [4.78, 5) is 5.56. The van der Waals surface area contributed by atoms with E-state index in [1.54, 1.807) is 7.11 Å². The van der Waals surface area contributed by atoms with Gasteiger partial charge in [-0.2, -0.15) is 0 Å². The second kappa shape index (κ2) is 7.15. The first kappa shape index (κ1) is 17.9. The minimum atomic E-state index is -2.96. The Morgan fingerprint density at radius 1 is 1.12 bits per heavy atom. The maximum Gasteiger partial charge on any atom is 0.234 e. The van der Waals surface area contributed by atoms with E-state index in [0.717, 1.165) is 16.3 Å². The van der Waals surface area contributed by atoms with E-state index in [2.05, 4.69) is 5.16 Å². The van der Waals surface area contributed by atoms with Crippen LogP contribution >= 0.6 is 7.14 Å². The topological polar surface area (TPSA) is 47.9 Å². The van der Waals surface area contributed by atoms with Gasteiger partial charge in [-0.05, 0) is 6.42 Å². The van der Waals surface area contributed by atoms with E-state index in [0.29, 0.717) is 12.8 Å². The molecule has 0 saturated heterocycles. The Morgan fingerprint density at radius 2 is 1.64 bits per heavy atom. The Kier molecular flexibility index (Phi) is 5.12. The van der Waals surface area contributed by atoms with Crippen molar-refractivity contribution in [3.8, 4) is 0 Å². The average molecular weight is 357 g/mol. The number of nitrogens with zero attached hydrogens (tertiary/aromatic N) is 1. The summed E-state index contributed by atoms with van der Waals surface area (Å²) in [6.07, 6.45) is 1.19. The highest BCUT2D eigenvalue weighted by molar-refractivity contribution is 7.80. The van der Waals surface area contributed by atoms with Gasteiger partial charge in [0.2, 0.25) is 5.79 Å². The molecule has 0 radical (unpaired) electrons. The maximum atomic E-state index is 14.6. The predicted octanol–water partition coefficient (Wildman–Crippen LogP) is 3.92. The van der Waals surface area contributed by atoms with Gasteiger partial charge >= 0.3 is 0 Å². The molecule has 1 aliphatic heterocycles. The molecule has 0 aliphatic carbocycles. The van der Waals surface area contributed by atoms with Gasteiger partial charge in [-0.1, -0.05) is 72.7 Å². The minimum Gasteiger partial charge on any atom is -0.361 e. The molecule has 132 valence electrons. The zero-order valence-corrected chi connectivity index (χ0v) is 15.8. The molecule has 25 heavy (non-hydrogen) atoms. The highest BCUT2D eigenvalue weighted by Gasteiger charge is 2.47. The minimum absolute atomic E-state index is 0.249. The second-order valence-electron chi connectivity index (χ2n) is 6.41. The van der Waals surface area contributed by atoms with Gasteiger partial charge in [0.25, 0.3) is 0 Å². The SMILES string of the molecule is CCC1=NO[C@](C)(OC)C[C@H]1P(=O)(c1ccccc1)c1ccccc1. The van der Waals surface area contributed by atoms with Crippen molar-refractivity contribution in [2.75, 3.05) is 7.11 Å². The molecule has 2 aromatic rings. The summed E-state index contributed by atoms with van der Waals surface area (Å²) in [6, 6.07) is 19.4. The number of benzene rings is 2. The fourth-order valence-electron chi connectivity index (χ4n) is 3.29. The molecule has 2 atom stereocenters. The number of hydrogen-bond donors (Lipinski definition) is 0. The van der Waals surface area contributed by atoms with Crippen LogP contribution in [0.25, 0.3) is 0 Å². The molecule has 3 rings (SSSR count). The Hall–Kier alpha value is -1.90. The summed E-state index contributed by atoms with van der Waals surface area (Å²) in [5.74, 6) is -0.872. The highest BCUT2D eigenvalue weighted by Crippen LogP contribution is 2.53. The molecule has 0 amide bonds. The van der Waals surface area contributed by atoms with Gasteiger partial charge in [-0.25, -0.2) is 0 Å². The van der Waals surface area contributed by atoms with Gasteiger partial charge < -0.3 is 14.1 Å². The second-order valence-corrected chi connectivity index (χ2v) is 9.39. The lowest BCUT2D eigenvalue weighted by Gasteiger charge is -2.38. The molecule has 0 unspecified atom stereocenters. The van der Waals surface area contributed by atoms with E-state index in [-0.39, 0.29) is 5.66 Å². The smallest absolute Gasteiger partial charge is 0.234 e. The average Bonchev–Trinajstić information content (AvgIpc) is 2.68. The van der Waals surface area contributed by atoms with E-state index in [1.807, 2.05) is 74.5 Å². The van der Waals surface area contributed by atoms with Gasteiger partial charge in [0, 0.05) is 31.1 Å². The lowest BCUT2D eigenvalue weighted by Crippen LogP contribution is -2.44. The summed E-state index contributed by atoms with van der Waals surface area (Å²) in [7, 11) is -1.36. The van der Waals surface area contributed by atoms with Gasteiger partial charge in [0.15, 0.2) is 7.14 Å². The monoisotopic (exact) mass is 357 g/mol. The zero-order valence-electron chi connectivity index (χ0n) is 14.9. The van der Waals surface area contributed by atoms with Crippen molar-refractivity contribution in [3.05, 3.63) is 60.7 Å². The molecule has 0 N–H and O–H groups in total. The molecule has 0 spiro atoms. The molecule has 0 bridgehead atoms. The number of ether oxygens (including phenoxy) is 1. The largest absolute Gasteiger partial charge is 0.361 e. The number of hydrogen-bond acceptors (Lipinski definition) is 4. The summed E-state index contributed by atoms with van der Waals surface area (Å²) in [5.41, 5.74) is 0.576. The first-order valence-corrected chi connectivity index (χ1v) is 10.3. The number of rotatable bonds is 5. The zero-order chi connectivity index (χ0) is 17.9. The van der Waals surface area contributed by atoms with E-state index in [9.17, 15) is 4.57 Å². The van der Waals surface area contributed by atoms with E-state index in [1.165, 1.54) is 0 Å². The summed E-state index contributed by atoms with van der Waals surface area (Å²) in [5, 5.41) is 5.97. The normalized spacial score (nSPS) is 23.6. The van der Waals surface area contributed by atoms with Crippen LogP contribution in [0.1, 0.15) is 26.7 Å². The van der Waals surface area contributed by atoms with E-state index < -0.39 is 12.9 Å². The molecule has 4 nitrogen and oxygen atoms in total. The van der Waals surface area contributed by atoms with Crippen LogP contribution < -0.4 is 10.6 Å². The molecule has 0 saturated carbocycles. The van der Waals surface area contributed by atoms with Crippen LogP contribution in [0.4, 0.5) is 0 Å². The Bertz CT molecular complexity index is 748. The molecule has 1 aliphatic rings. The van der Waals surface area contributed by atoms with Crippen molar-refractivity contribution in [1.82, 2.24) is 0 Å². The van der Waals surface area contributed by atoms with Crippen molar-refractivity contribution in [1.29, 1.82) is 0 Å². The molecule has 5 heteroatoms. The van der Waals surface area contributed by atoms with Crippen LogP contribution in [0.5, 0.6) is 0 Å². The molecule has 0 fully saturated rings. The lowest BCUT2D eigenvalue weighted by molar-refractivity contribution is -0.218. The van der Waals surface area contributed by atoms with E-state index >= 15 is 0 Å². The fourth-order valence-corrected chi connectivity index (χ4v) is 6.78. The Balaban J connectivity index is 2.20. The van der Waals surface area contributed by atoms with E-state index in [4.69, 9.17) is 9.57 Å². The van der Waals surface area contributed by atoms with Crippen molar-refractivity contribution in [2.45, 2.75) is 38.1 Å². The molecule has 1 heterocycles. The van der Waals surface area contributed by atoms with Gasteiger partial charge in [0.1, 0.15) is 0 Å². The van der Waals surface area contributed by atoms with Crippen molar-refractivity contribution in [3.63, 3.8) is 0 Å². The first-order valence-electron chi connectivity index (χ1n) is 8.54. The standard InChI is InChI=1S/C20H24NO3P/c1-4-18-19(15-20(2,23-3)24-21-18)25(22,16-11-7-5-8-12-16)17-13-9-6-10-14-17/h5-14,19H,4,15H2,1-3H3/t19-,20+/m1/s1. The van der Waals surface area contributed by atoms with Crippen molar-refractivity contribution >= 4 is 23.5 Å². The van der Waals surface area contributed by atoms with Crippen molar-refractivity contribution in [2.24, 2.45) is 5.16 Å². The van der Waals surface area contributed by atoms with Gasteiger partial charge in [-0.15, -0.1) is 0 Å². The first-order chi connectivity index (χ1) is 12.0. The van der Waals surface area contributed by atoms with Crippen LogP contribution in [-0.2, 0) is 14.1 Å². The molecule has 2 aromatic carbocycles. The third-order valence-corrected chi connectivity index (χ3v) is 8.31. The molecule has 0 aromatic heterocycles. The van der Waals surface area contributed by atoms with Crippen LogP contribution in [0.3, 0.4) is 0 Å². The van der Waals surface area contributed by atoms with Crippen LogP contribution in [-0.4, -0.2) is 24.3 Å². The van der Waals surface area contributed by atoms with Crippen molar-refractivity contribution < 1.29 is 14.1 Å². The number of oxime groups is 1. The highest BCUT2D eigenvalue weighted by atomic mass is 31.2. The van der Waals surface area contributed by atoms with Crippen LogP contribution in [0.2, 0.25) is 0 Å². The van der Waals surface area contributed by atoms with Crippen LogP contribution in [0, 0.1) is 0 Å². The quantitative estimate of drug-likeness (QED) is 0.762. The maximum absolute atomic E-state index is 14.6. The summed E-state index contributed by atoms with van der Waals surface area (Å²) in [6.45, 7) is 3.86. The summed E-state index contributed by atoms with van der Waals surface area (Å²) < 4.78 is 20.1. The number of methoxy groups -OCH3 is 1. The molecular weight excluding hydrogens is 333 g/mol. The molecular formula is C20H24NO3P. The van der Waals surface area contributed by atoms with Gasteiger partial charge in [0.05, 0.1) is 11.4 Å². The lowest BCUT2D eigenvalue weighted by atomic mass is 10.1. The Morgan fingerprint density at radius 3 is 2.08 bits per heavy atom. The Labute approximate surface area is 149 Å². The fraction of sp³-hybridized carbons (Fsp3) is 0.350.